The van der Waals surface area contributed by atoms with Crippen LogP contribution in [0.4, 0.5) is 0 Å². The van der Waals surface area contributed by atoms with Crippen molar-refractivity contribution < 1.29 is 14.7 Å². The Hall–Kier alpha value is -1.41. The van der Waals surface area contributed by atoms with Crippen molar-refractivity contribution in [2.24, 2.45) is 4.99 Å². The zero-order chi connectivity index (χ0) is 7.98. The fraction of sp³-hybridized carbons (Fsp3) is 0.333. The zero-order valence-corrected chi connectivity index (χ0v) is 5.50. The molecule has 0 heterocycles. The molecule has 0 saturated carbocycles. The molecule has 4 heteroatoms. The fourth-order valence-corrected chi connectivity index (χ4v) is 0.307. The Morgan fingerprint density at radius 1 is 1.80 bits per heavy atom. The molecule has 0 radical (unpaired) electrons. The first kappa shape index (κ1) is 8.59. The van der Waals surface area contributed by atoms with Crippen molar-refractivity contribution in [3.63, 3.8) is 0 Å². The maximum absolute atomic E-state index is 10.1. The number of carbonyl (C=O) groups excluding carboxylic acids is 1. The third-order valence-electron chi connectivity index (χ3n) is 0.891. The minimum atomic E-state index is -0.999. The highest BCUT2D eigenvalue weighted by Gasteiger charge is 1.96. The second-order valence-corrected chi connectivity index (χ2v) is 1.62. The van der Waals surface area contributed by atoms with Gasteiger partial charge in [-0.25, -0.2) is 14.6 Å². The van der Waals surface area contributed by atoms with Crippen LogP contribution in [-0.2, 0) is 9.59 Å². The Kier molecular flexibility index (Phi) is 3.84. The SMILES string of the molecule is CC(=CCN=C=O)C(=O)O. The van der Waals surface area contributed by atoms with Crippen LogP contribution in [0.1, 0.15) is 6.92 Å². The van der Waals surface area contributed by atoms with Crippen LogP contribution in [0.3, 0.4) is 0 Å². The molecule has 10 heavy (non-hydrogen) atoms. The number of carbonyl (C=O) groups is 1. The van der Waals surface area contributed by atoms with Gasteiger partial charge in [0.15, 0.2) is 0 Å². The standard InChI is InChI=1S/C6H7NO3/c1-5(6(9)10)2-3-7-4-8/h2H,3H2,1H3,(H,9,10). The smallest absolute Gasteiger partial charge is 0.331 e. The number of hydrogen-bond acceptors (Lipinski definition) is 3. The normalized spacial score (nSPS) is 10.3. The van der Waals surface area contributed by atoms with Gasteiger partial charge in [-0.2, -0.15) is 0 Å². The predicted octanol–water partition coefficient (Wildman–Crippen LogP) is 0.353. The van der Waals surface area contributed by atoms with Crippen molar-refractivity contribution in [1.82, 2.24) is 0 Å². The van der Waals surface area contributed by atoms with E-state index in [0.29, 0.717) is 0 Å². The zero-order valence-electron chi connectivity index (χ0n) is 5.50. The van der Waals surface area contributed by atoms with Gasteiger partial charge < -0.3 is 5.11 Å². The number of aliphatic carboxylic acids is 1. The lowest BCUT2D eigenvalue weighted by molar-refractivity contribution is -0.132. The van der Waals surface area contributed by atoms with E-state index in [2.05, 4.69) is 4.99 Å². The molecule has 0 bridgehead atoms. The predicted molar refractivity (Wildman–Crippen MR) is 34.4 cm³/mol. The van der Waals surface area contributed by atoms with Crippen LogP contribution in [0.5, 0.6) is 0 Å². The highest BCUT2D eigenvalue weighted by molar-refractivity contribution is 5.85. The highest BCUT2D eigenvalue weighted by atomic mass is 16.4. The molecule has 0 rings (SSSR count). The summed E-state index contributed by atoms with van der Waals surface area (Å²) in [7, 11) is 0. The summed E-state index contributed by atoms with van der Waals surface area (Å²) in [6.45, 7) is 1.52. The van der Waals surface area contributed by atoms with E-state index in [1.54, 1.807) is 0 Å². The number of nitrogens with zero attached hydrogens (tertiary/aromatic N) is 1. The molecule has 1 N–H and O–H groups in total. The largest absolute Gasteiger partial charge is 0.478 e. The minimum Gasteiger partial charge on any atom is -0.478 e. The van der Waals surface area contributed by atoms with Crippen LogP contribution >= 0.6 is 0 Å². The molecule has 4 nitrogen and oxygen atoms in total. The van der Waals surface area contributed by atoms with Gasteiger partial charge >= 0.3 is 5.97 Å². The van der Waals surface area contributed by atoms with Gasteiger partial charge in [0.25, 0.3) is 0 Å². The molecule has 0 fully saturated rings. The van der Waals surface area contributed by atoms with Crippen LogP contribution in [0, 0.1) is 0 Å². The van der Waals surface area contributed by atoms with Crippen molar-refractivity contribution in [3.05, 3.63) is 11.6 Å². The van der Waals surface area contributed by atoms with E-state index in [1.165, 1.54) is 19.1 Å². The van der Waals surface area contributed by atoms with Gasteiger partial charge in [0.1, 0.15) is 0 Å². The number of carboxylic acid groups (broad SMARTS) is 1. The second-order valence-electron chi connectivity index (χ2n) is 1.62. The molecular weight excluding hydrogens is 134 g/mol. The lowest BCUT2D eigenvalue weighted by Crippen LogP contribution is -1.96. The molecule has 0 aromatic heterocycles. The molecule has 0 aromatic carbocycles. The highest BCUT2D eigenvalue weighted by Crippen LogP contribution is 1.90. The molecule has 0 saturated heterocycles. The summed E-state index contributed by atoms with van der Waals surface area (Å²) in [5.41, 5.74) is 0.180. The summed E-state index contributed by atoms with van der Waals surface area (Å²) in [6, 6.07) is 0. The molecular formula is C6H7NO3. The summed E-state index contributed by atoms with van der Waals surface area (Å²) >= 11 is 0. The Morgan fingerprint density at radius 3 is 2.80 bits per heavy atom. The van der Waals surface area contributed by atoms with Gasteiger partial charge in [-0.15, -0.1) is 0 Å². The summed E-state index contributed by atoms with van der Waals surface area (Å²) in [6.07, 6.45) is 2.64. The molecule has 0 atom stereocenters. The maximum atomic E-state index is 10.1. The van der Waals surface area contributed by atoms with E-state index in [4.69, 9.17) is 5.11 Å². The Morgan fingerprint density at radius 2 is 2.40 bits per heavy atom. The molecule has 0 amide bonds. The van der Waals surface area contributed by atoms with Gasteiger partial charge in [0, 0.05) is 5.57 Å². The second kappa shape index (κ2) is 4.47. The van der Waals surface area contributed by atoms with Crippen LogP contribution < -0.4 is 0 Å². The van der Waals surface area contributed by atoms with Crippen LogP contribution in [-0.4, -0.2) is 23.7 Å². The molecule has 0 aliphatic rings. The van der Waals surface area contributed by atoms with E-state index in [-0.39, 0.29) is 12.1 Å². The molecule has 0 aliphatic heterocycles. The van der Waals surface area contributed by atoms with E-state index in [9.17, 15) is 9.59 Å². The number of isocyanates is 1. The summed E-state index contributed by atoms with van der Waals surface area (Å²) < 4.78 is 0. The number of carboxylic acids is 1. The minimum absolute atomic E-state index is 0.0850. The number of aliphatic imine (C=N–C) groups is 1. The lowest BCUT2D eigenvalue weighted by Gasteiger charge is -1.87. The van der Waals surface area contributed by atoms with E-state index in [1.807, 2.05) is 0 Å². The monoisotopic (exact) mass is 141 g/mol. The molecule has 54 valence electrons. The first-order chi connectivity index (χ1) is 4.68. The Balaban J connectivity index is 3.92. The quantitative estimate of drug-likeness (QED) is 0.350. The van der Waals surface area contributed by atoms with Crippen LogP contribution in [0.25, 0.3) is 0 Å². The van der Waals surface area contributed by atoms with Crippen molar-refractivity contribution >= 4 is 12.0 Å². The summed E-state index contributed by atoms with van der Waals surface area (Å²) in [5, 5.41) is 8.27. The Labute approximate surface area is 57.9 Å². The summed E-state index contributed by atoms with van der Waals surface area (Å²) in [5.74, 6) is -0.999. The average Bonchev–Trinajstić information content (AvgIpc) is 1.88. The van der Waals surface area contributed by atoms with Crippen molar-refractivity contribution in [3.8, 4) is 0 Å². The topological polar surface area (TPSA) is 66.7 Å². The van der Waals surface area contributed by atoms with Crippen molar-refractivity contribution in [2.75, 3.05) is 6.54 Å². The van der Waals surface area contributed by atoms with Gasteiger partial charge in [0.05, 0.1) is 6.54 Å². The van der Waals surface area contributed by atoms with Gasteiger partial charge in [-0.1, -0.05) is 6.08 Å². The fourth-order valence-electron chi connectivity index (χ4n) is 0.307. The lowest BCUT2D eigenvalue weighted by atomic mass is 10.3. The summed E-state index contributed by atoms with van der Waals surface area (Å²) in [4.78, 5) is 22.7. The third kappa shape index (κ3) is 3.57. The van der Waals surface area contributed by atoms with Crippen molar-refractivity contribution in [1.29, 1.82) is 0 Å². The first-order valence-corrected chi connectivity index (χ1v) is 2.62. The van der Waals surface area contributed by atoms with E-state index in [0.717, 1.165) is 0 Å². The van der Waals surface area contributed by atoms with Crippen LogP contribution in [0.15, 0.2) is 16.6 Å². The molecule has 0 aromatic rings. The average molecular weight is 141 g/mol. The maximum Gasteiger partial charge on any atom is 0.331 e. The van der Waals surface area contributed by atoms with Gasteiger partial charge in [-0.3, -0.25) is 0 Å². The third-order valence-corrected chi connectivity index (χ3v) is 0.891. The van der Waals surface area contributed by atoms with Gasteiger partial charge in [-0.05, 0) is 6.92 Å². The Bertz CT molecular complexity index is 201. The number of hydrogen-bond donors (Lipinski definition) is 1. The van der Waals surface area contributed by atoms with Crippen LogP contribution in [0.2, 0.25) is 0 Å². The number of rotatable bonds is 3. The first-order valence-electron chi connectivity index (χ1n) is 2.62. The van der Waals surface area contributed by atoms with Crippen molar-refractivity contribution in [2.45, 2.75) is 6.92 Å². The van der Waals surface area contributed by atoms with Gasteiger partial charge in [0.2, 0.25) is 6.08 Å². The molecule has 0 aliphatic carbocycles. The van der Waals surface area contributed by atoms with E-state index < -0.39 is 5.97 Å². The molecule has 0 spiro atoms. The molecule has 0 unspecified atom stereocenters. The van der Waals surface area contributed by atoms with E-state index >= 15 is 0 Å².